The summed E-state index contributed by atoms with van der Waals surface area (Å²) in [5.41, 5.74) is 3.51. The number of rotatable bonds is 9. The molecule has 30 heavy (non-hydrogen) atoms. The van der Waals surface area contributed by atoms with Gasteiger partial charge >= 0.3 is 0 Å². The van der Waals surface area contributed by atoms with Crippen molar-refractivity contribution in [2.24, 2.45) is 0 Å². The van der Waals surface area contributed by atoms with E-state index in [-0.39, 0.29) is 30.4 Å². The zero-order valence-electron chi connectivity index (χ0n) is 16.6. The predicted molar refractivity (Wildman–Crippen MR) is 122 cm³/mol. The maximum Gasteiger partial charge on any atom is 0.221 e. The number of halogens is 1. The Labute approximate surface area is 186 Å². The molecule has 0 bridgehead atoms. The molecular formula is C22H23ClN2O3S2. The predicted octanol–water partition coefficient (Wildman–Crippen LogP) is 4.65. The lowest BCUT2D eigenvalue weighted by molar-refractivity contribution is -0.120. The molecule has 0 spiro atoms. The van der Waals surface area contributed by atoms with Gasteiger partial charge in [0.25, 0.3) is 0 Å². The summed E-state index contributed by atoms with van der Waals surface area (Å²) in [6.07, 6.45) is 0.871. The second kappa shape index (κ2) is 10.2. The molecule has 1 N–H and O–H groups in total. The first-order valence-electron chi connectivity index (χ1n) is 9.60. The van der Waals surface area contributed by atoms with Gasteiger partial charge in [0.05, 0.1) is 17.2 Å². The van der Waals surface area contributed by atoms with E-state index in [1.54, 1.807) is 11.4 Å². The fourth-order valence-corrected chi connectivity index (χ4v) is 5.23. The van der Waals surface area contributed by atoms with Crippen LogP contribution in [-0.4, -0.2) is 25.1 Å². The van der Waals surface area contributed by atoms with Crippen LogP contribution in [0.1, 0.15) is 30.2 Å². The standard InChI is InChI=1S/C22H23ClN2O3S2/c1-2-16-7-9-17(10-8-16)22-25-19(14-29-22)15-30(27,28)12-11-21(26)24-13-18-5-3-4-6-20(18)23/h3-10,14H,2,11-13,15H2,1H3,(H,24,26). The monoisotopic (exact) mass is 462 g/mol. The molecule has 5 nitrogen and oxygen atoms in total. The maximum atomic E-state index is 12.4. The van der Waals surface area contributed by atoms with Crippen molar-refractivity contribution in [3.8, 4) is 10.6 Å². The number of carbonyl (C=O) groups is 1. The fourth-order valence-electron chi connectivity index (χ4n) is 2.86. The van der Waals surface area contributed by atoms with E-state index in [0.717, 1.165) is 22.6 Å². The molecule has 0 aliphatic heterocycles. The van der Waals surface area contributed by atoms with Gasteiger partial charge in [-0.15, -0.1) is 11.3 Å². The molecule has 0 saturated carbocycles. The van der Waals surface area contributed by atoms with Crippen LogP contribution >= 0.6 is 22.9 Å². The second-order valence-corrected chi connectivity index (χ2v) is 10.4. The highest BCUT2D eigenvalue weighted by atomic mass is 35.5. The number of hydrogen-bond donors (Lipinski definition) is 1. The summed E-state index contributed by atoms with van der Waals surface area (Å²) in [6.45, 7) is 2.36. The van der Waals surface area contributed by atoms with Gasteiger partial charge in [0.15, 0.2) is 9.84 Å². The number of carbonyl (C=O) groups excluding carboxylic acids is 1. The van der Waals surface area contributed by atoms with Crippen molar-refractivity contribution < 1.29 is 13.2 Å². The molecule has 3 aromatic rings. The van der Waals surface area contributed by atoms with Crippen LogP contribution in [0, 0.1) is 0 Å². The largest absolute Gasteiger partial charge is 0.352 e. The van der Waals surface area contributed by atoms with Crippen LogP contribution in [0.2, 0.25) is 5.02 Å². The summed E-state index contributed by atoms with van der Waals surface area (Å²) < 4.78 is 24.9. The first-order valence-corrected chi connectivity index (χ1v) is 12.7. The van der Waals surface area contributed by atoms with Gasteiger partial charge in [0, 0.05) is 28.9 Å². The molecule has 0 aliphatic rings. The summed E-state index contributed by atoms with van der Waals surface area (Å²) in [5.74, 6) is -0.721. The van der Waals surface area contributed by atoms with Gasteiger partial charge in [-0.25, -0.2) is 13.4 Å². The number of aromatic nitrogens is 1. The Kier molecular flexibility index (Phi) is 7.64. The van der Waals surface area contributed by atoms with Crippen LogP contribution < -0.4 is 5.32 Å². The molecule has 0 aliphatic carbocycles. The van der Waals surface area contributed by atoms with E-state index in [0.29, 0.717) is 10.7 Å². The highest BCUT2D eigenvalue weighted by Gasteiger charge is 2.17. The molecule has 1 heterocycles. The lowest BCUT2D eigenvalue weighted by Gasteiger charge is -2.07. The van der Waals surface area contributed by atoms with Gasteiger partial charge in [-0.2, -0.15) is 0 Å². The topological polar surface area (TPSA) is 76.1 Å². The molecule has 0 radical (unpaired) electrons. The third kappa shape index (κ3) is 6.39. The number of benzene rings is 2. The molecule has 8 heteroatoms. The molecule has 2 aromatic carbocycles. The normalized spacial score (nSPS) is 11.4. The molecule has 0 fully saturated rings. The van der Waals surface area contributed by atoms with Crippen molar-refractivity contribution >= 4 is 38.7 Å². The summed E-state index contributed by atoms with van der Waals surface area (Å²) in [4.78, 5) is 16.5. The van der Waals surface area contributed by atoms with E-state index >= 15 is 0 Å². The number of sulfone groups is 1. The molecule has 0 saturated heterocycles. The van der Waals surface area contributed by atoms with E-state index in [1.165, 1.54) is 16.9 Å². The molecule has 3 rings (SSSR count). The maximum absolute atomic E-state index is 12.4. The summed E-state index contributed by atoms with van der Waals surface area (Å²) in [5, 5.41) is 5.83. The van der Waals surface area contributed by atoms with Crippen LogP contribution in [0.15, 0.2) is 53.9 Å². The highest BCUT2D eigenvalue weighted by Crippen LogP contribution is 2.25. The summed E-state index contributed by atoms with van der Waals surface area (Å²) in [6, 6.07) is 15.3. The van der Waals surface area contributed by atoms with Gasteiger partial charge in [-0.3, -0.25) is 4.79 Å². The lowest BCUT2D eigenvalue weighted by Crippen LogP contribution is -2.25. The zero-order chi connectivity index (χ0) is 21.6. The van der Waals surface area contributed by atoms with Crippen LogP contribution in [0.3, 0.4) is 0 Å². The van der Waals surface area contributed by atoms with E-state index < -0.39 is 9.84 Å². The van der Waals surface area contributed by atoms with E-state index in [9.17, 15) is 13.2 Å². The molecule has 158 valence electrons. The number of nitrogens with zero attached hydrogens (tertiary/aromatic N) is 1. The summed E-state index contributed by atoms with van der Waals surface area (Å²) in [7, 11) is -3.44. The average molecular weight is 463 g/mol. The second-order valence-electron chi connectivity index (χ2n) is 6.90. The minimum atomic E-state index is -3.44. The molecular weight excluding hydrogens is 440 g/mol. The van der Waals surface area contributed by atoms with Gasteiger partial charge in [-0.1, -0.05) is 61.0 Å². The van der Waals surface area contributed by atoms with Gasteiger partial charge in [-0.05, 0) is 23.6 Å². The SMILES string of the molecule is CCc1ccc(-c2nc(CS(=O)(=O)CCC(=O)NCc3ccccc3Cl)cs2)cc1. The van der Waals surface area contributed by atoms with Crippen LogP contribution in [0.5, 0.6) is 0 Å². The Morgan fingerprint density at radius 1 is 1.13 bits per heavy atom. The van der Waals surface area contributed by atoms with Gasteiger partial charge in [0.1, 0.15) is 5.01 Å². The number of nitrogens with one attached hydrogen (secondary N) is 1. The van der Waals surface area contributed by atoms with Crippen molar-refractivity contribution in [1.82, 2.24) is 10.3 Å². The van der Waals surface area contributed by atoms with E-state index in [1.807, 2.05) is 42.5 Å². The molecule has 0 atom stereocenters. The number of hydrogen-bond acceptors (Lipinski definition) is 5. The Hall–Kier alpha value is -2.22. The third-order valence-corrected chi connectivity index (χ3v) is 7.47. The summed E-state index contributed by atoms with van der Waals surface area (Å²) >= 11 is 7.48. The third-order valence-electron chi connectivity index (χ3n) is 4.60. The zero-order valence-corrected chi connectivity index (χ0v) is 19.0. The van der Waals surface area contributed by atoms with Crippen molar-refractivity contribution in [3.05, 3.63) is 75.8 Å². The smallest absolute Gasteiger partial charge is 0.221 e. The quantitative estimate of drug-likeness (QED) is 0.502. The minimum Gasteiger partial charge on any atom is -0.352 e. The van der Waals surface area contributed by atoms with Gasteiger partial charge in [0.2, 0.25) is 5.91 Å². The molecule has 1 amide bonds. The highest BCUT2D eigenvalue weighted by molar-refractivity contribution is 7.90. The van der Waals surface area contributed by atoms with Crippen LogP contribution in [-0.2, 0) is 33.4 Å². The Morgan fingerprint density at radius 2 is 1.87 bits per heavy atom. The molecule has 0 unspecified atom stereocenters. The Balaban J connectivity index is 1.52. The van der Waals surface area contributed by atoms with E-state index in [2.05, 4.69) is 17.2 Å². The van der Waals surface area contributed by atoms with Gasteiger partial charge < -0.3 is 5.32 Å². The van der Waals surface area contributed by atoms with Crippen molar-refractivity contribution in [1.29, 1.82) is 0 Å². The lowest BCUT2D eigenvalue weighted by atomic mass is 10.1. The first-order chi connectivity index (χ1) is 14.4. The minimum absolute atomic E-state index is 0.0950. The fraction of sp³-hybridized carbons (Fsp3) is 0.273. The molecule has 1 aromatic heterocycles. The number of amides is 1. The van der Waals surface area contributed by atoms with Crippen LogP contribution in [0.4, 0.5) is 0 Å². The number of aryl methyl sites for hydroxylation is 1. The first kappa shape index (κ1) is 22.5. The Bertz CT molecular complexity index is 1110. The van der Waals surface area contributed by atoms with Crippen molar-refractivity contribution in [2.45, 2.75) is 32.1 Å². The average Bonchev–Trinajstić information content (AvgIpc) is 3.19. The van der Waals surface area contributed by atoms with Crippen molar-refractivity contribution in [3.63, 3.8) is 0 Å². The van der Waals surface area contributed by atoms with Crippen LogP contribution in [0.25, 0.3) is 10.6 Å². The van der Waals surface area contributed by atoms with Crippen molar-refractivity contribution in [2.75, 3.05) is 5.75 Å². The van der Waals surface area contributed by atoms with E-state index in [4.69, 9.17) is 11.6 Å². The number of thiazole rings is 1. The Morgan fingerprint density at radius 3 is 2.57 bits per heavy atom.